The molecule has 3 N–H and O–H groups in total. The summed E-state index contributed by atoms with van der Waals surface area (Å²) in [6, 6.07) is 17.8. The second-order valence-corrected chi connectivity index (χ2v) is 8.17. The zero-order valence-electron chi connectivity index (χ0n) is 17.2. The molecule has 2 aromatic carbocycles. The summed E-state index contributed by atoms with van der Waals surface area (Å²) in [5.41, 5.74) is 9.15. The van der Waals surface area contributed by atoms with E-state index in [0.717, 1.165) is 12.0 Å². The van der Waals surface area contributed by atoms with Gasteiger partial charge in [0, 0.05) is 24.5 Å². The predicted molar refractivity (Wildman–Crippen MR) is 119 cm³/mol. The average Bonchev–Trinajstić information content (AvgIpc) is 3.20. The quantitative estimate of drug-likeness (QED) is 0.509. The summed E-state index contributed by atoms with van der Waals surface area (Å²) in [4.78, 5) is 18.1. The lowest BCUT2D eigenvalue weighted by Gasteiger charge is -2.31. The van der Waals surface area contributed by atoms with E-state index in [9.17, 15) is 9.90 Å². The van der Waals surface area contributed by atoms with Crippen LogP contribution in [0.5, 0.6) is 0 Å². The van der Waals surface area contributed by atoms with E-state index in [0.29, 0.717) is 29.5 Å². The van der Waals surface area contributed by atoms with Crippen molar-refractivity contribution >= 4 is 22.4 Å². The first-order valence-corrected chi connectivity index (χ1v) is 10.7. The number of aromatic nitrogens is 1. The number of hydrogen-bond acceptors (Lipinski definition) is 7. The van der Waals surface area contributed by atoms with Gasteiger partial charge in [-0.15, -0.1) is 11.3 Å². The summed E-state index contributed by atoms with van der Waals surface area (Å²) in [5.74, 6) is -0.342. The highest BCUT2D eigenvalue weighted by Gasteiger charge is 2.21. The van der Waals surface area contributed by atoms with Gasteiger partial charge in [0.05, 0.1) is 18.4 Å². The van der Waals surface area contributed by atoms with Gasteiger partial charge in [-0.1, -0.05) is 42.5 Å². The van der Waals surface area contributed by atoms with Crippen molar-refractivity contribution in [2.24, 2.45) is 0 Å². The Morgan fingerprint density at radius 1 is 1.17 bits per heavy atom. The van der Waals surface area contributed by atoms with E-state index < -0.39 is 6.10 Å². The topological polar surface area (TPSA) is 88.7 Å². The molecule has 1 heterocycles. The van der Waals surface area contributed by atoms with E-state index in [1.807, 2.05) is 30.3 Å². The molecule has 30 heavy (non-hydrogen) atoms. The normalized spacial score (nSPS) is 13.2. The lowest BCUT2D eigenvalue weighted by molar-refractivity contribution is 0.0600. The van der Waals surface area contributed by atoms with Crippen LogP contribution in [0.3, 0.4) is 0 Å². The van der Waals surface area contributed by atoms with Crippen LogP contribution in [0.1, 0.15) is 40.2 Å². The van der Waals surface area contributed by atoms with E-state index >= 15 is 0 Å². The Balaban J connectivity index is 1.73. The molecule has 0 spiro atoms. The van der Waals surface area contributed by atoms with Gasteiger partial charge < -0.3 is 15.6 Å². The number of aliphatic hydroxyl groups is 1. The van der Waals surface area contributed by atoms with Gasteiger partial charge in [0.1, 0.15) is 6.10 Å². The number of nitrogens with two attached hydrogens (primary N) is 1. The number of nitrogen functional groups attached to an aromatic ring is 1. The van der Waals surface area contributed by atoms with Gasteiger partial charge in [-0.05, 0) is 36.6 Å². The molecule has 6 nitrogen and oxygen atoms in total. The minimum absolute atomic E-state index is 0.153. The highest BCUT2D eigenvalue weighted by Crippen LogP contribution is 2.22. The third-order valence-electron chi connectivity index (χ3n) is 5.05. The molecule has 0 fully saturated rings. The Labute approximate surface area is 180 Å². The summed E-state index contributed by atoms with van der Waals surface area (Å²) in [6.45, 7) is 3.29. The SMILES string of the molecule is COC(=O)c1ccc(CC(C)N(Cc2ccccc2)CC(O)c2csc(N)n2)cc1. The molecule has 2 unspecified atom stereocenters. The number of carbonyl (C=O) groups is 1. The third kappa shape index (κ3) is 5.89. The largest absolute Gasteiger partial charge is 0.465 e. The highest BCUT2D eigenvalue weighted by atomic mass is 32.1. The number of nitrogens with zero attached hydrogens (tertiary/aromatic N) is 2. The lowest BCUT2D eigenvalue weighted by atomic mass is 10.0. The fraction of sp³-hybridized carbons (Fsp3) is 0.304. The average molecular weight is 426 g/mol. The molecular weight excluding hydrogens is 398 g/mol. The molecule has 0 saturated carbocycles. The number of thiazole rings is 1. The van der Waals surface area contributed by atoms with Crippen molar-refractivity contribution in [3.8, 4) is 0 Å². The van der Waals surface area contributed by atoms with Crippen LogP contribution in [0.4, 0.5) is 5.13 Å². The molecule has 0 radical (unpaired) electrons. The highest BCUT2D eigenvalue weighted by molar-refractivity contribution is 7.13. The number of aliphatic hydroxyl groups excluding tert-OH is 1. The van der Waals surface area contributed by atoms with Crippen LogP contribution in [0, 0.1) is 0 Å². The lowest BCUT2D eigenvalue weighted by Crippen LogP contribution is -2.37. The van der Waals surface area contributed by atoms with Gasteiger partial charge in [-0.3, -0.25) is 4.90 Å². The van der Waals surface area contributed by atoms with Gasteiger partial charge in [0.25, 0.3) is 0 Å². The molecule has 0 bridgehead atoms. The molecule has 7 heteroatoms. The smallest absolute Gasteiger partial charge is 0.337 e. The summed E-state index contributed by atoms with van der Waals surface area (Å²) in [7, 11) is 1.38. The summed E-state index contributed by atoms with van der Waals surface area (Å²) in [5, 5.41) is 13.0. The Hall–Kier alpha value is -2.74. The predicted octanol–water partition coefficient (Wildman–Crippen LogP) is 3.68. The van der Waals surface area contributed by atoms with Crippen LogP contribution in [-0.4, -0.2) is 40.7 Å². The van der Waals surface area contributed by atoms with Gasteiger partial charge in [0.2, 0.25) is 0 Å². The molecular formula is C23H27N3O3S. The first-order valence-electron chi connectivity index (χ1n) is 9.80. The number of benzene rings is 2. The van der Waals surface area contributed by atoms with Crippen LogP contribution in [0.15, 0.2) is 60.0 Å². The zero-order valence-corrected chi connectivity index (χ0v) is 18.0. The third-order valence-corrected chi connectivity index (χ3v) is 5.74. The van der Waals surface area contributed by atoms with E-state index in [1.54, 1.807) is 17.5 Å². The number of esters is 1. The van der Waals surface area contributed by atoms with Crippen molar-refractivity contribution in [3.63, 3.8) is 0 Å². The minimum atomic E-state index is -0.716. The Morgan fingerprint density at radius 2 is 1.87 bits per heavy atom. The van der Waals surface area contributed by atoms with Gasteiger partial charge in [-0.25, -0.2) is 9.78 Å². The fourth-order valence-electron chi connectivity index (χ4n) is 3.35. The number of hydrogen-bond donors (Lipinski definition) is 2. The van der Waals surface area contributed by atoms with Crippen molar-refractivity contribution in [1.29, 1.82) is 0 Å². The number of rotatable bonds is 9. The molecule has 2 atom stereocenters. The number of methoxy groups -OCH3 is 1. The molecule has 0 saturated heterocycles. The van der Waals surface area contributed by atoms with Crippen molar-refractivity contribution in [2.45, 2.75) is 32.0 Å². The first kappa shape index (κ1) is 22.0. The second kappa shape index (κ2) is 10.3. The van der Waals surface area contributed by atoms with Crippen LogP contribution in [0.25, 0.3) is 0 Å². The minimum Gasteiger partial charge on any atom is -0.465 e. The van der Waals surface area contributed by atoms with Crippen molar-refractivity contribution in [1.82, 2.24) is 9.88 Å². The Kier molecular flexibility index (Phi) is 7.57. The van der Waals surface area contributed by atoms with Gasteiger partial charge in [0.15, 0.2) is 5.13 Å². The van der Waals surface area contributed by atoms with E-state index in [1.165, 1.54) is 24.0 Å². The summed E-state index contributed by atoms with van der Waals surface area (Å²) < 4.78 is 4.76. The maximum absolute atomic E-state index is 11.6. The standard InChI is InChI=1S/C23H27N3O3S/c1-16(12-17-8-10-19(11-9-17)22(28)29-2)26(13-18-6-4-3-5-7-18)14-21(27)20-15-30-23(24)25-20/h3-11,15-16,21,27H,12-14H2,1-2H3,(H2,24,25). The van der Waals surface area contributed by atoms with Gasteiger partial charge in [-0.2, -0.15) is 0 Å². The molecule has 3 rings (SSSR count). The van der Waals surface area contributed by atoms with Crippen molar-refractivity contribution in [2.75, 3.05) is 19.4 Å². The monoisotopic (exact) mass is 425 g/mol. The molecule has 0 aliphatic heterocycles. The Morgan fingerprint density at radius 3 is 2.47 bits per heavy atom. The number of carbonyl (C=O) groups excluding carboxylic acids is 1. The zero-order chi connectivity index (χ0) is 21.5. The van der Waals surface area contributed by atoms with Crippen LogP contribution >= 0.6 is 11.3 Å². The molecule has 0 aliphatic carbocycles. The van der Waals surface area contributed by atoms with Crippen LogP contribution in [0.2, 0.25) is 0 Å². The van der Waals surface area contributed by atoms with E-state index in [2.05, 4.69) is 28.9 Å². The van der Waals surface area contributed by atoms with E-state index in [4.69, 9.17) is 10.5 Å². The second-order valence-electron chi connectivity index (χ2n) is 7.28. The molecule has 0 amide bonds. The number of ether oxygens (including phenoxy) is 1. The maximum Gasteiger partial charge on any atom is 0.337 e. The summed E-state index contributed by atoms with van der Waals surface area (Å²) in [6.07, 6.45) is 0.0617. The fourth-order valence-corrected chi connectivity index (χ4v) is 3.96. The van der Waals surface area contributed by atoms with Crippen LogP contribution < -0.4 is 5.73 Å². The molecule has 3 aromatic rings. The van der Waals surface area contributed by atoms with Crippen molar-refractivity contribution < 1.29 is 14.6 Å². The Bertz CT molecular complexity index is 944. The first-order chi connectivity index (χ1) is 14.5. The summed E-state index contributed by atoms with van der Waals surface area (Å²) >= 11 is 1.33. The molecule has 0 aliphatic rings. The maximum atomic E-state index is 11.6. The molecule has 1 aromatic heterocycles. The number of anilines is 1. The van der Waals surface area contributed by atoms with Gasteiger partial charge >= 0.3 is 5.97 Å². The van der Waals surface area contributed by atoms with Crippen molar-refractivity contribution in [3.05, 3.63) is 82.4 Å². The van der Waals surface area contributed by atoms with E-state index in [-0.39, 0.29) is 12.0 Å². The van der Waals surface area contributed by atoms with Crippen LogP contribution in [-0.2, 0) is 17.7 Å². The molecule has 158 valence electrons.